The van der Waals surface area contributed by atoms with Crippen molar-refractivity contribution < 1.29 is 4.74 Å². The van der Waals surface area contributed by atoms with Gasteiger partial charge in [0.15, 0.2) is 0 Å². The van der Waals surface area contributed by atoms with E-state index in [1.807, 2.05) is 18.2 Å². The molecule has 2 heteroatoms. The van der Waals surface area contributed by atoms with E-state index in [-0.39, 0.29) is 0 Å². The van der Waals surface area contributed by atoms with Gasteiger partial charge >= 0.3 is 0 Å². The third-order valence-electron chi connectivity index (χ3n) is 2.26. The number of benzene rings is 1. The van der Waals surface area contributed by atoms with Crippen LogP contribution in [0.15, 0.2) is 24.3 Å². The maximum atomic E-state index is 5.87. The highest BCUT2D eigenvalue weighted by Crippen LogP contribution is 2.11. The summed E-state index contributed by atoms with van der Waals surface area (Å²) in [7, 11) is 0. The topological polar surface area (TPSA) is 9.23 Å². The van der Waals surface area contributed by atoms with Gasteiger partial charge in [0, 0.05) is 5.02 Å². The lowest BCUT2D eigenvalue weighted by atomic mass is 10.2. The molecule has 0 aliphatic heterocycles. The summed E-state index contributed by atoms with van der Waals surface area (Å²) in [6, 6.07) is 7.93. The van der Waals surface area contributed by atoms with Crippen LogP contribution in [0.25, 0.3) is 0 Å². The second-order valence-corrected chi connectivity index (χ2v) is 3.91. The first-order chi connectivity index (χ1) is 6.72. The van der Waals surface area contributed by atoms with Gasteiger partial charge in [-0.1, -0.05) is 30.7 Å². The highest BCUT2D eigenvalue weighted by atomic mass is 35.5. The van der Waals surface area contributed by atoms with E-state index in [2.05, 4.69) is 19.9 Å². The number of hydrogen-bond donors (Lipinski definition) is 0. The summed E-state index contributed by atoms with van der Waals surface area (Å²) in [6.45, 7) is 5.00. The van der Waals surface area contributed by atoms with Crippen LogP contribution in [-0.2, 0) is 11.2 Å². The molecule has 0 heterocycles. The Morgan fingerprint density at radius 2 is 2.21 bits per heavy atom. The Bertz CT molecular complexity index is 273. The van der Waals surface area contributed by atoms with Crippen molar-refractivity contribution in [2.75, 3.05) is 6.61 Å². The Morgan fingerprint density at radius 1 is 1.43 bits per heavy atom. The maximum Gasteiger partial charge on any atom is 0.0544 e. The summed E-state index contributed by atoms with van der Waals surface area (Å²) in [5, 5.41) is 0.797. The molecule has 1 unspecified atom stereocenters. The predicted octanol–water partition coefficient (Wildman–Crippen LogP) is 3.70. The lowest BCUT2D eigenvalue weighted by Gasteiger charge is -2.10. The normalized spacial score (nSPS) is 12.8. The molecule has 0 bridgehead atoms. The zero-order valence-electron chi connectivity index (χ0n) is 8.79. The zero-order chi connectivity index (χ0) is 10.4. The molecule has 0 spiro atoms. The van der Waals surface area contributed by atoms with Gasteiger partial charge in [-0.15, -0.1) is 0 Å². The standard InChI is InChI=1S/C12H17ClO/c1-3-10(2)14-8-7-11-5-4-6-12(13)9-11/h4-6,9-10H,3,7-8H2,1-2H3. The van der Waals surface area contributed by atoms with Gasteiger partial charge in [0.2, 0.25) is 0 Å². The summed E-state index contributed by atoms with van der Waals surface area (Å²) in [5.74, 6) is 0. The number of ether oxygens (including phenoxy) is 1. The summed E-state index contributed by atoms with van der Waals surface area (Å²) >= 11 is 5.87. The van der Waals surface area contributed by atoms with Gasteiger partial charge in [0.1, 0.15) is 0 Å². The molecule has 1 aromatic rings. The van der Waals surface area contributed by atoms with Crippen molar-refractivity contribution in [3.63, 3.8) is 0 Å². The van der Waals surface area contributed by atoms with Crippen LogP contribution in [0.4, 0.5) is 0 Å². The van der Waals surface area contributed by atoms with Crippen molar-refractivity contribution in [3.8, 4) is 0 Å². The van der Waals surface area contributed by atoms with Crippen molar-refractivity contribution in [1.82, 2.24) is 0 Å². The summed E-state index contributed by atoms with van der Waals surface area (Å²) < 4.78 is 5.59. The van der Waals surface area contributed by atoms with Gasteiger partial charge in [-0.2, -0.15) is 0 Å². The average Bonchev–Trinajstić information content (AvgIpc) is 2.17. The minimum atomic E-state index is 0.356. The summed E-state index contributed by atoms with van der Waals surface area (Å²) in [5.41, 5.74) is 1.24. The fourth-order valence-corrected chi connectivity index (χ4v) is 1.40. The highest BCUT2D eigenvalue weighted by molar-refractivity contribution is 6.30. The zero-order valence-corrected chi connectivity index (χ0v) is 9.55. The van der Waals surface area contributed by atoms with Crippen LogP contribution in [-0.4, -0.2) is 12.7 Å². The number of rotatable bonds is 5. The van der Waals surface area contributed by atoms with Gasteiger partial charge in [-0.05, 0) is 37.5 Å². The Labute approximate surface area is 91.0 Å². The van der Waals surface area contributed by atoms with Gasteiger partial charge in [0.05, 0.1) is 12.7 Å². The van der Waals surface area contributed by atoms with Gasteiger partial charge in [-0.25, -0.2) is 0 Å². The first kappa shape index (κ1) is 11.5. The second kappa shape index (κ2) is 6.05. The fraction of sp³-hybridized carbons (Fsp3) is 0.500. The molecule has 14 heavy (non-hydrogen) atoms. The largest absolute Gasteiger partial charge is 0.378 e. The van der Waals surface area contributed by atoms with E-state index in [9.17, 15) is 0 Å². The van der Waals surface area contributed by atoms with Crippen LogP contribution in [0.5, 0.6) is 0 Å². The minimum Gasteiger partial charge on any atom is -0.378 e. The van der Waals surface area contributed by atoms with E-state index >= 15 is 0 Å². The first-order valence-corrected chi connectivity index (χ1v) is 5.46. The number of halogens is 1. The van der Waals surface area contributed by atoms with Crippen molar-refractivity contribution in [1.29, 1.82) is 0 Å². The molecule has 0 radical (unpaired) electrons. The van der Waals surface area contributed by atoms with Crippen LogP contribution in [0.1, 0.15) is 25.8 Å². The molecule has 0 amide bonds. The van der Waals surface area contributed by atoms with Crippen LogP contribution < -0.4 is 0 Å². The van der Waals surface area contributed by atoms with Crippen molar-refractivity contribution >= 4 is 11.6 Å². The Kier molecular flexibility index (Phi) is 4.99. The van der Waals surface area contributed by atoms with E-state index in [1.165, 1.54) is 5.56 Å². The average molecular weight is 213 g/mol. The molecule has 78 valence electrons. The quantitative estimate of drug-likeness (QED) is 0.723. The monoisotopic (exact) mass is 212 g/mol. The molecule has 1 rings (SSSR count). The molecular formula is C12H17ClO. The lowest BCUT2D eigenvalue weighted by Crippen LogP contribution is -2.09. The molecule has 1 atom stereocenters. The Morgan fingerprint density at radius 3 is 2.86 bits per heavy atom. The highest BCUT2D eigenvalue weighted by Gasteiger charge is 1.99. The molecule has 0 aliphatic carbocycles. The van der Waals surface area contributed by atoms with Crippen LogP contribution in [0.2, 0.25) is 5.02 Å². The van der Waals surface area contributed by atoms with Crippen LogP contribution in [0, 0.1) is 0 Å². The third kappa shape index (κ3) is 4.12. The van der Waals surface area contributed by atoms with E-state index in [4.69, 9.17) is 16.3 Å². The van der Waals surface area contributed by atoms with Crippen LogP contribution >= 0.6 is 11.6 Å². The van der Waals surface area contributed by atoms with Crippen LogP contribution in [0.3, 0.4) is 0 Å². The van der Waals surface area contributed by atoms with Crippen molar-refractivity contribution in [2.24, 2.45) is 0 Å². The summed E-state index contributed by atoms with van der Waals surface area (Å²) in [4.78, 5) is 0. The molecule has 0 aromatic heterocycles. The SMILES string of the molecule is CCC(C)OCCc1cccc(Cl)c1. The molecule has 0 saturated heterocycles. The smallest absolute Gasteiger partial charge is 0.0544 e. The molecule has 0 fully saturated rings. The maximum absolute atomic E-state index is 5.87. The predicted molar refractivity (Wildman–Crippen MR) is 60.9 cm³/mol. The second-order valence-electron chi connectivity index (χ2n) is 3.47. The Balaban J connectivity index is 2.31. The third-order valence-corrected chi connectivity index (χ3v) is 2.49. The van der Waals surface area contributed by atoms with Gasteiger partial charge in [0.25, 0.3) is 0 Å². The molecular weight excluding hydrogens is 196 g/mol. The lowest BCUT2D eigenvalue weighted by molar-refractivity contribution is 0.0659. The number of hydrogen-bond acceptors (Lipinski definition) is 1. The first-order valence-electron chi connectivity index (χ1n) is 5.08. The Hall–Kier alpha value is -0.530. The molecule has 1 aromatic carbocycles. The molecule has 0 aliphatic rings. The van der Waals surface area contributed by atoms with Gasteiger partial charge < -0.3 is 4.74 Å². The molecule has 1 nitrogen and oxygen atoms in total. The van der Waals surface area contributed by atoms with E-state index in [0.717, 1.165) is 24.5 Å². The minimum absolute atomic E-state index is 0.356. The van der Waals surface area contributed by atoms with E-state index in [0.29, 0.717) is 6.10 Å². The van der Waals surface area contributed by atoms with Crippen molar-refractivity contribution in [2.45, 2.75) is 32.8 Å². The van der Waals surface area contributed by atoms with E-state index in [1.54, 1.807) is 0 Å². The van der Waals surface area contributed by atoms with Crippen molar-refractivity contribution in [3.05, 3.63) is 34.9 Å². The molecule has 0 saturated carbocycles. The summed E-state index contributed by atoms with van der Waals surface area (Å²) in [6.07, 6.45) is 2.36. The van der Waals surface area contributed by atoms with E-state index < -0.39 is 0 Å². The van der Waals surface area contributed by atoms with Gasteiger partial charge in [-0.3, -0.25) is 0 Å². The molecule has 0 N–H and O–H groups in total. The fourth-order valence-electron chi connectivity index (χ4n) is 1.19.